The molecule has 0 bridgehead atoms. The van der Waals surface area contributed by atoms with Crippen LogP contribution in [0.3, 0.4) is 0 Å². The Labute approximate surface area is 155 Å². The number of rotatable bonds is 5. The van der Waals surface area contributed by atoms with Crippen molar-refractivity contribution >= 4 is 11.6 Å². The molecule has 0 aliphatic carbocycles. The van der Waals surface area contributed by atoms with Crippen molar-refractivity contribution < 1.29 is 9.90 Å². The zero-order valence-corrected chi connectivity index (χ0v) is 15.7. The number of nitrogens with zero attached hydrogens (tertiary/aromatic N) is 1. The first-order valence-electron chi connectivity index (χ1n) is 9.39. The van der Waals surface area contributed by atoms with E-state index in [0.717, 1.165) is 42.4 Å². The molecule has 4 heteroatoms. The van der Waals surface area contributed by atoms with Crippen molar-refractivity contribution in [1.82, 2.24) is 4.90 Å². The molecule has 26 heavy (non-hydrogen) atoms. The summed E-state index contributed by atoms with van der Waals surface area (Å²) in [5, 5.41) is 12.3. The second kappa shape index (κ2) is 8.47. The maximum atomic E-state index is 12.5. The zero-order chi connectivity index (χ0) is 18.5. The maximum absolute atomic E-state index is 12.5. The summed E-state index contributed by atoms with van der Waals surface area (Å²) in [5.74, 6) is 0.646. The summed E-state index contributed by atoms with van der Waals surface area (Å²) in [5.41, 5.74) is 4.37. The number of carbonyl (C=O) groups excluding carboxylic acids is 1. The van der Waals surface area contributed by atoms with Crippen LogP contribution in [-0.4, -0.2) is 29.0 Å². The predicted octanol–water partition coefficient (Wildman–Crippen LogP) is 3.97. The molecule has 0 spiro atoms. The van der Waals surface area contributed by atoms with Gasteiger partial charge in [-0.3, -0.25) is 9.69 Å². The molecule has 3 rings (SSSR count). The van der Waals surface area contributed by atoms with E-state index in [1.54, 1.807) is 0 Å². The zero-order valence-electron chi connectivity index (χ0n) is 15.7. The summed E-state index contributed by atoms with van der Waals surface area (Å²) >= 11 is 0. The van der Waals surface area contributed by atoms with E-state index in [1.165, 1.54) is 18.4 Å². The van der Waals surface area contributed by atoms with Gasteiger partial charge in [0, 0.05) is 24.3 Å². The van der Waals surface area contributed by atoms with Crippen LogP contribution in [0.2, 0.25) is 0 Å². The highest BCUT2D eigenvalue weighted by atomic mass is 16.3. The first-order valence-corrected chi connectivity index (χ1v) is 9.39. The number of benzene rings is 2. The molecule has 1 fully saturated rings. The van der Waals surface area contributed by atoms with E-state index in [0.29, 0.717) is 5.56 Å². The van der Waals surface area contributed by atoms with Crippen molar-refractivity contribution in [2.45, 2.75) is 39.8 Å². The first-order chi connectivity index (χ1) is 12.6. The number of hydrogen-bond donors (Lipinski definition) is 2. The third-order valence-electron chi connectivity index (χ3n) is 5.23. The summed E-state index contributed by atoms with van der Waals surface area (Å²) in [6.45, 7) is 7.45. The normalized spacial score (nSPS) is 17.9. The van der Waals surface area contributed by atoms with Crippen LogP contribution < -0.4 is 5.32 Å². The third kappa shape index (κ3) is 4.51. The largest absolute Gasteiger partial charge is 0.392 e. The van der Waals surface area contributed by atoms with Crippen LogP contribution in [0.5, 0.6) is 0 Å². The number of piperidine rings is 1. The van der Waals surface area contributed by atoms with E-state index in [2.05, 4.69) is 17.1 Å². The van der Waals surface area contributed by atoms with Crippen LogP contribution in [0.25, 0.3) is 0 Å². The number of amides is 1. The van der Waals surface area contributed by atoms with E-state index in [-0.39, 0.29) is 12.5 Å². The van der Waals surface area contributed by atoms with Crippen molar-refractivity contribution in [2.75, 3.05) is 18.4 Å². The number of aliphatic hydroxyl groups is 1. The maximum Gasteiger partial charge on any atom is 0.255 e. The third-order valence-corrected chi connectivity index (χ3v) is 5.23. The van der Waals surface area contributed by atoms with E-state index in [1.807, 2.05) is 49.4 Å². The van der Waals surface area contributed by atoms with Gasteiger partial charge in [-0.15, -0.1) is 0 Å². The van der Waals surface area contributed by atoms with Gasteiger partial charge in [-0.25, -0.2) is 0 Å². The Balaban J connectivity index is 1.64. The van der Waals surface area contributed by atoms with Crippen LogP contribution >= 0.6 is 0 Å². The summed E-state index contributed by atoms with van der Waals surface area (Å²) in [7, 11) is 0. The molecule has 0 unspecified atom stereocenters. The van der Waals surface area contributed by atoms with Gasteiger partial charge in [-0.2, -0.15) is 0 Å². The Morgan fingerprint density at radius 3 is 2.69 bits per heavy atom. The Hall–Kier alpha value is -2.17. The Morgan fingerprint density at radius 1 is 1.23 bits per heavy atom. The average molecular weight is 352 g/mol. The molecule has 1 aliphatic heterocycles. The minimum absolute atomic E-state index is 0.0284. The van der Waals surface area contributed by atoms with Gasteiger partial charge in [0.25, 0.3) is 5.91 Å². The van der Waals surface area contributed by atoms with Crippen molar-refractivity contribution in [2.24, 2.45) is 5.92 Å². The van der Waals surface area contributed by atoms with E-state index < -0.39 is 0 Å². The molecular formula is C22H28N2O2. The topological polar surface area (TPSA) is 52.6 Å². The standard InChI is InChI=1S/C22H28N2O2/c1-16-5-4-12-24(13-16)14-18-8-10-19(11-9-18)22(26)23-21-7-3-6-20(15-25)17(21)2/h3,6-11,16,25H,4-5,12-15H2,1-2H3,(H,23,26)/t16-/m1/s1. The SMILES string of the molecule is Cc1c(CO)cccc1NC(=O)c1ccc(CN2CCC[C@@H](C)C2)cc1. The molecule has 2 aromatic rings. The molecule has 1 aliphatic rings. The fourth-order valence-electron chi connectivity index (χ4n) is 3.63. The molecule has 1 atom stereocenters. The van der Waals surface area contributed by atoms with Crippen LogP contribution in [0, 0.1) is 12.8 Å². The van der Waals surface area contributed by atoms with E-state index in [9.17, 15) is 9.90 Å². The van der Waals surface area contributed by atoms with Gasteiger partial charge in [0.1, 0.15) is 0 Å². The molecule has 1 heterocycles. The highest BCUT2D eigenvalue weighted by Crippen LogP contribution is 2.21. The fourth-order valence-corrected chi connectivity index (χ4v) is 3.63. The van der Waals surface area contributed by atoms with Crippen LogP contribution in [0.1, 0.15) is 46.8 Å². The van der Waals surface area contributed by atoms with Gasteiger partial charge in [0.15, 0.2) is 0 Å². The lowest BCUT2D eigenvalue weighted by atomic mass is 9.99. The van der Waals surface area contributed by atoms with Crippen LogP contribution in [0.15, 0.2) is 42.5 Å². The second-order valence-corrected chi connectivity index (χ2v) is 7.38. The fraction of sp³-hybridized carbons (Fsp3) is 0.409. The Bertz CT molecular complexity index is 755. The molecule has 1 saturated heterocycles. The molecule has 0 saturated carbocycles. The lowest BCUT2D eigenvalue weighted by molar-refractivity contribution is 0.102. The van der Waals surface area contributed by atoms with Crippen molar-refractivity contribution in [1.29, 1.82) is 0 Å². The number of nitrogens with one attached hydrogen (secondary N) is 1. The highest BCUT2D eigenvalue weighted by molar-refractivity contribution is 6.04. The number of carbonyl (C=O) groups is 1. The van der Waals surface area contributed by atoms with Gasteiger partial charge >= 0.3 is 0 Å². The van der Waals surface area contributed by atoms with E-state index in [4.69, 9.17) is 0 Å². The van der Waals surface area contributed by atoms with Gasteiger partial charge in [-0.05, 0) is 67.1 Å². The van der Waals surface area contributed by atoms with Crippen molar-refractivity contribution in [3.8, 4) is 0 Å². The Kier molecular flexibility index (Phi) is 6.07. The van der Waals surface area contributed by atoms with Gasteiger partial charge in [-0.1, -0.05) is 31.2 Å². The molecule has 4 nitrogen and oxygen atoms in total. The van der Waals surface area contributed by atoms with Crippen molar-refractivity contribution in [3.05, 3.63) is 64.7 Å². The summed E-state index contributed by atoms with van der Waals surface area (Å²) in [6.07, 6.45) is 2.60. The lowest BCUT2D eigenvalue weighted by Gasteiger charge is -2.30. The molecular weight excluding hydrogens is 324 g/mol. The summed E-state index contributed by atoms with van der Waals surface area (Å²) in [4.78, 5) is 15.0. The highest BCUT2D eigenvalue weighted by Gasteiger charge is 2.16. The molecule has 0 aromatic heterocycles. The van der Waals surface area contributed by atoms with Gasteiger partial charge in [0.2, 0.25) is 0 Å². The molecule has 138 valence electrons. The van der Waals surface area contributed by atoms with Crippen LogP contribution in [-0.2, 0) is 13.2 Å². The summed E-state index contributed by atoms with van der Waals surface area (Å²) < 4.78 is 0. The number of aliphatic hydroxyl groups excluding tert-OH is 1. The Morgan fingerprint density at radius 2 is 2.00 bits per heavy atom. The smallest absolute Gasteiger partial charge is 0.255 e. The molecule has 0 radical (unpaired) electrons. The van der Waals surface area contributed by atoms with Gasteiger partial charge in [0.05, 0.1) is 6.61 Å². The van der Waals surface area contributed by atoms with Gasteiger partial charge < -0.3 is 10.4 Å². The number of likely N-dealkylation sites (tertiary alicyclic amines) is 1. The molecule has 1 amide bonds. The predicted molar refractivity (Wildman–Crippen MR) is 105 cm³/mol. The summed E-state index contributed by atoms with van der Waals surface area (Å²) in [6, 6.07) is 13.4. The van der Waals surface area contributed by atoms with Crippen LogP contribution in [0.4, 0.5) is 5.69 Å². The van der Waals surface area contributed by atoms with Crippen molar-refractivity contribution in [3.63, 3.8) is 0 Å². The molecule has 2 aromatic carbocycles. The molecule has 2 N–H and O–H groups in total. The minimum atomic E-state index is -0.124. The lowest BCUT2D eigenvalue weighted by Crippen LogP contribution is -2.33. The minimum Gasteiger partial charge on any atom is -0.392 e. The van der Waals surface area contributed by atoms with E-state index >= 15 is 0 Å². The monoisotopic (exact) mass is 352 g/mol. The average Bonchev–Trinajstić information content (AvgIpc) is 2.64. The number of hydrogen-bond acceptors (Lipinski definition) is 3. The second-order valence-electron chi connectivity index (χ2n) is 7.38. The number of anilines is 1. The quantitative estimate of drug-likeness (QED) is 0.856. The first kappa shape index (κ1) is 18.6.